The second kappa shape index (κ2) is 6.53. The van der Waals surface area contributed by atoms with Crippen LogP contribution in [-0.4, -0.2) is 40.1 Å². The van der Waals surface area contributed by atoms with E-state index in [-0.39, 0.29) is 11.9 Å². The van der Waals surface area contributed by atoms with Crippen molar-refractivity contribution in [1.82, 2.24) is 15.0 Å². The van der Waals surface area contributed by atoms with Gasteiger partial charge >= 0.3 is 0 Å². The first-order valence-corrected chi connectivity index (χ1v) is 8.92. The highest BCUT2D eigenvalue weighted by Crippen LogP contribution is 2.28. The first kappa shape index (κ1) is 16.7. The normalized spacial score (nSPS) is 15.6. The Balaban J connectivity index is 1.80. The van der Waals surface area contributed by atoms with Crippen molar-refractivity contribution in [3.8, 4) is 11.3 Å². The number of rotatable bonds is 2. The van der Waals surface area contributed by atoms with Crippen LogP contribution in [0.5, 0.6) is 0 Å². The van der Waals surface area contributed by atoms with Gasteiger partial charge in [0.25, 0.3) is 11.6 Å². The van der Waals surface area contributed by atoms with Crippen molar-refractivity contribution in [3.05, 3.63) is 47.2 Å². The summed E-state index contributed by atoms with van der Waals surface area (Å²) in [5, 5.41) is 4.71. The van der Waals surface area contributed by atoms with Crippen LogP contribution in [0.2, 0.25) is 0 Å². The zero-order valence-electron chi connectivity index (χ0n) is 15.0. The van der Waals surface area contributed by atoms with Crippen molar-refractivity contribution in [2.45, 2.75) is 32.7 Å². The van der Waals surface area contributed by atoms with Crippen molar-refractivity contribution < 1.29 is 9.32 Å². The summed E-state index contributed by atoms with van der Waals surface area (Å²) < 4.78 is 5.38. The lowest BCUT2D eigenvalue weighted by atomic mass is 10.0. The van der Waals surface area contributed by atoms with Crippen molar-refractivity contribution in [2.24, 2.45) is 5.73 Å². The van der Waals surface area contributed by atoms with Crippen molar-refractivity contribution in [3.63, 3.8) is 0 Å². The van der Waals surface area contributed by atoms with Crippen LogP contribution in [0.25, 0.3) is 22.4 Å². The number of likely N-dealkylation sites (tertiary alicyclic amines) is 1. The van der Waals surface area contributed by atoms with Crippen molar-refractivity contribution >= 4 is 17.0 Å². The number of carbonyl (C=O) groups is 1. The van der Waals surface area contributed by atoms with Gasteiger partial charge in [0.05, 0.1) is 22.3 Å². The van der Waals surface area contributed by atoms with Gasteiger partial charge in [0, 0.05) is 24.7 Å². The highest BCUT2D eigenvalue weighted by atomic mass is 16.5. The molecular weight excluding hydrogens is 328 g/mol. The van der Waals surface area contributed by atoms with E-state index in [1.54, 1.807) is 0 Å². The molecule has 1 aromatic carbocycles. The van der Waals surface area contributed by atoms with E-state index in [2.05, 4.69) is 10.1 Å². The molecule has 0 aliphatic carbocycles. The first-order chi connectivity index (χ1) is 12.5. The Labute approximate surface area is 152 Å². The maximum Gasteiger partial charge on any atom is 0.259 e. The molecule has 2 aromatic heterocycles. The Bertz CT molecular complexity index is 954. The fourth-order valence-corrected chi connectivity index (χ4v) is 3.41. The van der Waals surface area contributed by atoms with E-state index in [0.717, 1.165) is 18.4 Å². The highest BCUT2D eigenvalue weighted by Gasteiger charge is 2.26. The smallest absolute Gasteiger partial charge is 0.259 e. The Morgan fingerprint density at radius 2 is 1.88 bits per heavy atom. The molecule has 6 heteroatoms. The number of nitrogens with two attached hydrogens (primary N) is 1. The second-order valence-electron chi connectivity index (χ2n) is 7.00. The number of aryl methyl sites for hydroxylation is 2. The van der Waals surface area contributed by atoms with Crippen LogP contribution in [0.3, 0.4) is 0 Å². The molecule has 26 heavy (non-hydrogen) atoms. The summed E-state index contributed by atoms with van der Waals surface area (Å²) in [5.41, 5.74) is 10.5. The van der Waals surface area contributed by atoms with E-state index in [1.165, 1.54) is 5.56 Å². The van der Waals surface area contributed by atoms with Gasteiger partial charge in [0.15, 0.2) is 0 Å². The molecule has 4 rings (SSSR count). The van der Waals surface area contributed by atoms with Crippen LogP contribution in [0.1, 0.15) is 34.5 Å². The van der Waals surface area contributed by atoms with E-state index in [9.17, 15) is 4.79 Å². The lowest BCUT2D eigenvalue weighted by molar-refractivity contribution is 0.0716. The maximum atomic E-state index is 13.2. The van der Waals surface area contributed by atoms with Crippen LogP contribution in [0, 0.1) is 13.8 Å². The lowest BCUT2D eigenvalue weighted by Crippen LogP contribution is -2.42. The number of nitrogens with zero attached hydrogens (tertiary/aromatic N) is 3. The molecule has 0 unspecified atom stereocenters. The fourth-order valence-electron chi connectivity index (χ4n) is 3.41. The monoisotopic (exact) mass is 350 g/mol. The minimum Gasteiger partial charge on any atom is -0.339 e. The third-order valence-electron chi connectivity index (χ3n) is 5.02. The van der Waals surface area contributed by atoms with Crippen LogP contribution in [-0.2, 0) is 0 Å². The highest BCUT2D eigenvalue weighted by molar-refractivity contribution is 6.07. The Morgan fingerprint density at radius 3 is 2.58 bits per heavy atom. The number of fused-ring (bicyclic) bond motifs is 1. The minimum atomic E-state index is -0.0102. The number of aromatic nitrogens is 2. The molecule has 1 amide bonds. The third kappa shape index (κ3) is 2.97. The van der Waals surface area contributed by atoms with Gasteiger partial charge in [-0.15, -0.1) is 0 Å². The summed E-state index contributed by atoms with van der Waals surface area (Å²) in [4.78, 5) is 19.6. The first-order valence-electron chi connectivity index (χ1n) is 8.92. The minimum absolute atomic E-state index is 0.0102. The van der Waals surface area contributed by atoms with E-state index in [1.807, 2.05) is 49.1 Å². The molecule has 134 valence electrons. The summed E-state index contributed by atoms with van der Waals surface area (Å²) in [6.45, 7) is 5.22. The number of amides is 1. The Hall–Kier alpha value is -2.73. The summed E-state index contributed by atoms with van der Waals surface area (Å²) >= 11 is 0. The SMILES string of the molecule is Cc1ccc(-c2cc(C(=O)N3CCC(N)CC3)c3c(C)noc3n2)cc1. The van der Waals surface area contributed by atoms with Gasteiger partial charge in [-0.1, -0.05) is 35.0 Å². The molecule has 1 fully saturated rings. The van der Waals surface area contributed by atoms with Crippen LogP contribution < -0.4 is 5.73 Å². The lowest BCUT2D eigenvalue weighted by Gasteiger charge is -2.30. The molecule has 3 aromatic rings. The van der Waals surface area contributed by atoms with E-state index >= 15 is 0 Å². The van der Waals surface area contributed by atoms with E-state index in [4.69, 9.17) is 10.3 Å². The molecule has 0 bridgehead atoms. The summed E-state index contributed by atoms with van der Waals surface area (Å²) in [5.74, 6) is -0.0102. The molecule has 1 saturated heterocycles. The standard InChI is InChI=1S/C20H22N4O2/c1-12-3-5-14(6-4-12)17-11-16(18-13(2)23-26-19(18)22-17)20(25)24-9-7-15(21)8-10-24/h3-6,11,15H,7-10,21H2,1-2H3. The summed E-state index contributed by atoms with van der Waals surface area (Å²) in [6, 6.07) is 10.1. The number of pyridine rings is 1. The largest absolute Gasteiger partial charge is 0.339 e. The summed E-state index contributed by atoms with van der Waals surface area (Å²) in [7, 11) is 0. The zero-order chi connectivity index (χ0) is 18.3. The van der Waals surface area contributed by atoms with Gasteiger partial charge < -0.3 is 15.2 Å². The third-order valence-corrected chi connectivity index (χ3v) is 5.02. The van der Waals surface area contributed by atoms with Gasteiger partial charge in [-0.2, -0.15) is 0 Å². The topological polar surface area (TPSA) is 85.2 Å². The van der Waals surface area contributed by atoms with Gasteiger partial charge in [0.2, 0.25) is 0 Å². The quantitative estimate of drug-likeness (QED) is 0.768. The predicted octanol–water partition coefficient (Wildman–Crippen LogP) is 3.07. The molecule has 1 aliphatic rings. The molecule has 0 spiro atoms. The average molecular weight is 350 g/mol. The van der Waals surface area contributed by atoms with E-state index < -0.39 is 0 Å². The molecule has 1 aliphatic heterocycles. The van der Waals surface area contributed by atoms with Crippen molar-refractivity contribution in [2.75, 3.05) is 13.1 Å². The number of benzene rings is 1. The number of carbonyl (C=O) groups excluding carboxylic acids is 1. The van der Waals surface area contributed by atoms with Gasteiger partial charge in [-0.3, -0.25) is 4.79 Å². The molecule has 2 N–H and O–H groups in total. The Morgan fingerprint density at radius 1 is 1.19 bits per heavy atom. The second-order valence-corrected chi connectivity index (χ2v) is 7.00. The molecule has 0 radical (unpaired) electrons. The molecular formula is C20H22N4O2. The van der Waals surface area contributed by atoms with Crippen LogP contribution in [0.4, 0.5) is 0 Å². The predicted molar refractivity (Wildman–Crippen MR) is 99.8 cm³/mol. The number of hydrogen-bond donors (Lipinski definition) is 1. The fraction of sp³-hybridized carbons (Fsp3) is 0.350. The van der Waals surface area contributed by atoms with Crippen molar-refractivity contribution in [1.29, 1.82) is 0 Å². The number of piperidine rings is 1. The average Bonchev–Trinajstić information content (AvgIpc) is 3.03. The van der Waals surface area contributed by atoms with E-state index in [0.29, 0.717) is 41.1 Å². The molecule has 0 saturated carbocycles. The van der Waals surface area contributed by atoms with Gasteiger partial charge in [-0.05, 0) is 32.8 Å². The van der Waals surface area contributed by atoms with Crippen LogP contribution in [0.15, 0.2) is 34.9 Å². The molecule has 3 heterocycles. The van der Waals surface area contributed by atoms with Gasteiger partial charge in [-0.25, -0.2) is 4.98 Å². The maximum absolute atomic E-state index is 13.2. The van der Waals surface area contributed by atoms with Crippen LogP contribution >= 0.6 is 0 Å². The molecule has 0 atom stereocenters. The zero-order valence-corrected chi connectivity index (χ0v) is 15.0. The molecule has 6 nitrogen and oxygen atoms in total. The Kier molecular flexibility index (Phi) is 4.20. The van der Waals surface area contributed by atoms with Gasteiger partial charge in [0.1, 0.15) is 0 Å². The number of hydrogen-bond acceptors (Lipinski definition) is 5. The summed E-state index contributed by atoms with van der Waals surface area (Å²) in [6.07, 6.45) is 1.65.